The van der Waals surface area contributed by atoms with Crippen molar-refractivity contribution in [2.45, 2.75) is 44.6 Å². The fourth-order valence-electron chi connectivity index (χ4n) is 2.54. The van der Waals surface area contributed by atoms with Crippen molar-refractivity contribution >= 4 is 29.2 Å². The molecule has 0 saturated heterocycles. The number of carboxylic acid groups (broad SMARTS) is 1. The molecular weight excluding hydrogens is 332 g/mol. The van der Waals surface area contributed by atoms with Crippen molar-refractivity contribution < 1.29 is 19.5 Å². The Labute approximate surface area is 144 Å². The van der Waals surface area contributed by atoms with E-state index in [-0.39, 0.29) is 30.2 Å². The molecule has 1 aromatic heterocycles. The lowest BCUT2D eigenvalue weighted by Gasteiger charge is -2.22. The number of hydrogen-bond donors (Lipinski definition) is 4. The summed E-state index contributed by atoms with van der Waals surface area (Å²) in [5.74, 6) is -1.35. The van der Waals surface area contributed by atoms with Gasteiger partial charge in [-0.1, -0.05) is 19.3 Å². The van der Waals surface area contributed by atoms with Crippen LogP contribution in [-0.4, -0.2) is 47.1 Å². The van der Waals surface area contributed by atoms with Gasteiger partial charge in [-0.2, -0.15) is 0 Å². The summed E-state index contributed by atoms with van der Waals surface area (Å²) < 4.78 is 0. The van der Waals surface area contributed by atoms with E-state index in [9.17, 15) is 14.4 Å². The smallest absolute Gasteiger partial charge is 0.355 e. The van der Waals surface area contributed by atoms with Gasteiger partial charge in [-0.15, -0.1) is 11.3 Å². The Balaban J connectivity index is 1.58. The van der Waals surface area contributed by atoms with E-state index in [4.69, 9.17) is 5.11 Å². The number of hydrogen-bond acceptors (Lipinski definition) is 5. The average Bonchev–Trinajstić information content (AvgIpc) is 3.03. The Morgan fingerprint density at radius 3 is 2.62 bits per heavy atom. The first-order valence-electron chi connectivity index (χ1n) is 8.03. The van der Waals surface area contributed by atoms with Gasteiger partial charge in [0.05, 0.1) is 11.6 Å². The zero-order valence-electron chi connectivity index (χ0n) is 13.3. The number of carboxylic acids is 1. The molecule has 1 heterocycles. The number of carbonyl (C=O) groups excluding carboxylic acids is 2. The highest BCUT2D eigenvalue weighted by molar-refractivity contribution is 7.09. The number of aromatic carboxylic acids is 1. The summed E-state index contributed by atoms with van der Waals surface area (Å²) in [5, 5.41) is 19.0. The molecular formula is C15H22N4O4S. The molecule has 2 rings (SSSR count). The van der Waals surface area contributed by atoms with Gasteiger partial charge in [0.15, 0.2) is 5.69 Å². The van der Waals surface area contributed by atoms with Gasteiger partial charge in [0.25, 0.3) is 0 Å². The first kappa shape index (κ1) is 18.2. The molecule has 1 aliphatic rings. The highest BCUT2D eigenvalue weighted by atomic mass is 32.1. The molecule has 0 spiro atoms. The molecule has 0 unspecified atom stereocenters. The Morgan fingerprint density at radius 1 is 1.21 bits per heavy atom. The quantitative estimate of drug-likeness (QED) is 0.585. The van der Waals surface area contributed by atoms with Crippen LogP contribution in [-0.2, 0) is 11.2 Å². The van der Waals surface area contributed by atoms with Crippen LogP contribution in [0.25, 0.3) is 0 Å². The molecule has 1 aliphatic carbocycles. The monoisotopic (exact) mass is 354 g/mol. The summed E-state index contributed by atoms with van der Waals surface area (Å²) in [5.41, 5.74) is 0.0161. The maximum atomic E-state index is 11.7. The van der Waals surface area contributed by atoms with Crippen molar-refractivity contribution in [1.82, 2.24) is 20.9 Å². The highest BCUT2D eigenvalue weighted by Crippen LogP contribution is 2.17. The van der Waals surface area contributed by atoms with Crippen LogP contribution in [0.5, 0.6) is 0 Å². The third-order valence-electron chi connectivity index (χ3n) is 3.78. The van der Waals surface area contributed by atoms with Gasteiger partial charge in [0.2, 0.25) is 5.91 Å². The zero-order chi connectivity index (χ0) is 17.4. The summed E-state index contributed by atoms with van der Waals surface area (Å²) in [7, 11) is 0. The summed E-state index contributed by atoms with van der Waals surface area (Å²) >= 11 is 1.24. The van der Waals surface area contributed by atoms with Crippen molar-refractivity contribution in [3.8, 4) is 0 Å². The summed E-state index contributed by atoms with van der Waals surface area (Å²) in [4.78, 5) is 38.0. The van der Waals surface area contributed by atoms with E-state index in [0.717, 1.165) is 25.7 Å². The van der Waals surface area contributed by atoms with Crippen LogP contribution >= 0.6 is 11.3 Å². The summed E-state index contributed by atoms with van der Waals surface area (Å²) in [6.07, 6.45) is 5.92. The molecule has 3 amide bonds. The molecule has 0 atom stereocenters. The third kappa shape index (κ3) is 6.15. The minimum atomic E-state index is -1.06. The number of aromatic nitrogens is 1. The Kier molecular flexibility index (Phi) is 6.98. The van der Waals surface area contributed by atoms with Crippen LogP contribution in [0.15, 0.2) is 5.38 Å². The number of rotatable bonds is 7. The van der Waals surface area contributed by atoms with Crippen LogP contribution in [0.1, 0.15) is 47.6 Å². The molecule has 4 N–H and O–H groups in total. The number of urea groups is 1. The molecule has 0 aromatic carbocycles. The lowest BCUT2D eigenvalue weighted by atomic mass is 9.96. The fraction of sp³-hybridized carbons (Fsp3) is 0.600. The second-order valence-electron chi connectivity index (χ2n) is 5.69. The molecule has 1 fully saturated rings. The van der Waals surface area contributed by atoms with Gasteiger partial charge >= 0.3 is 12.0 Å². The van der Waals surface area contributed by atoms with Crippen LogP contribution in [0.4, 0.5) is 4.79 Å². The molecule has 8 nitrogen and oxygen atoms in total. The topological polar surface area (TPSA) is 120 Å². The van der Waals surface area contributed by atoms with Gasteiger partial charge in [0.1, 0.15) is 0 Å². The van der Waals surface area contributed by atoms with E-state index in [1.807, 2.05) is 0 Å². The van der Waals surface area contributed by atoms with Gasteiger partial charge in [-0.05, 0) is 12.8 Å². The zero-order valence-corrected chi connectivity index (χ0v) is 14.2. The van der Waals surface area contributed by atoms with Crippen molar-refractivity contribution in [3.63, 3.8) is 0 Å². The first-order valence-corrected chi connectivity index (χ1v) is 8.91. The van der Waals surface area contributed by atoms with Crippen molar-refractivity contribution in [1.29, 1.82) is 0 Å². The van der Waals surface area contributed by atoms with Crippen molar-refractivity contribution in [2.24, 2.45) is 0 Å². The predicted octanol–water partition coefficient (Wildman–Crippen LogP) is 1.13. The van der Waals surface area contributed by atoms with E-state index in [1.165, 1.54) is 23.1 Å². The predicted molar refractivity (Wildman–Crippen MR) is 89.2 cm³/mol. The van der Waals surface area contributed by atoms with Crippen LogP contribution in [0.3, 0.4) is 0 Å². The lowest BCUT2D eigenvalue weighted by molar-refractivity contribution is -0.120. The lowest BCUT2D eigenvalue weighted by Crippen LogP contribution is -2.46. The summed E-state index contributed by atoms with van der Waals surface area (Å²) in [6.45, 7) is 0.258. The largest absolute Gasteiger partial charge is 0.476 e. The van der Waals surface area contributed by atoms with Crippen LogP contribution < -0.4 is 16.0 Å². The van der Waals surface area contributed by atoms with Gasteiger partial charge in [0, 0.05) is 24.4 Å². The molecule has 9 heteroatoms. The van der Waals surface area contributed by atoms with Crippen LogP contribution in [0.2, 0.25) is 0 Å². The molecule has 0 aliphatic heterocycles. The van der Waals surface area contributed by atoms with E-state index < -0.39 is 5.97 Å². The maximum Gasteiger partial charge on any atom is 0.355 e. The van der Waals surface area contributed by atoms with E-state index in [1.54, 1.807) is 0 Å². The molecule has 24 heavy (non-hydrogen) atoms. The van der Waals surface area contributed by atoms with Gasteiger partial charge in [-0.25, -0.2) is 14.6 Å². The SMILES string of the molecule is O=C(CNC(=O)NC1CCCCC1)NCCc1nc(C(=O)O)cs1. The van der Waals surface area contributed by atoms with E-state index in [2.05, 4.69) is 20.9 Å². The maximum absolute atomic E-state index is 11.7. The molecule has 1 saturated carbocycles. The van der Waals surface area contributed by atoms with E-state index >= 15 is 0 Å². The number of nitrogens with one attached hydrogen (secondary N) is 3. The van der Waals surface area contributed by atoms with Gasteiger partial charge in [-0.3, -0.25) is 4.79 Å². The second-order valence-corrected chi connectivity index (χ2v) is 6.64. The van der Waals surface area contributed by atoms with E-state index in [0.29, 0.717) is 18.0 Å². The van der Waals surface area contributed by atoms with Crippen molar-refractivity contribution in [3.05, 3.63) is 16.1 Å². The molecule has 0 bridgehead atoms. The average molecular weight is 354 g/mol. The number of amides is 3. The second kappa shape index (κ2) is 9.21. The minimum absolute atomic E-state index is 0.0161. The fourth-order valence-corrected chi connectivity index (χ4v) is 3.31. The number of thiazole rings is 1. The first-order chi connectivity index (χ1) is 11.5. The van der Waals surface area contributed by atoms with Crippen molar-refractivity contribution in [2.75, 3.05) is 13.1 Å². The standard InChI is InChI=1S/C15H22N4O4S/c20-12(8-17-15(23)18-10-4-2-1-3-5-10)16-7-6-13-19-11(9-24-13)14(21)22/h9-10H,1-8H2,(H,16,20)(H,21,22)(H2,17,18,23). The van der Waals surface area contributed by atoms with Gasteiger partial charge < -0.3 is 21.1 Å². The third-order valence-corrected chi connectivity index (χ3v) is 4.69. The minimum Gasteiger partial charge on any atom is -0.476 e. The summed E-state index contributed by atoms with van der Waals surface area (Å²) in [6, 6.07) is -0.113. The highest BCUT2D eigenvalue weighted by Gasteiger charge is 2.15. The normalized spacial score (nSPS) is 14.8. The number of nitrogens with zero attached hydrogens (tertiary/aromatic N) is 1. The number of carbonyl (C=O) groups is 3. The molecule has 132 valence electrons. The Bertz CT molecular complexity index is 584. The Hall–Kier alpha value is -2.16. The Morgan fingerprint density at radius 2 is 1.96 bits per heavy atom. The molecule has 0 radical (unpaired) electrons. The van der Waals surface area contributed by atoms with Crippen LogP contribution in [0, 0.1) is 0 Å². The molecule has 1 aromatic rings.